The Bertz CT molecular complexity index is 17.7. The second kappa shape index (κ2) is 25.7. The van der Waals surface area contributed by atoms with Crippen LogP contribution in [0, 0.1) is 0 Å². The molecule has 2 N–H and O–H groups in total. The third kappa shape index (κ3) is 35.8. The third-order valence-electron chi connectivity index (χ3n) is 0.154. The first-order chi connectivity index (χ1) is 1.91. The van der Waals surface area contributed by atoms with Crippen LogP contribution in [0.2, 0.25) is 6.32 Å². The molecule has 0 rings (SSSR count). The summed E-state index contributed by atoms with van der Waals surface area (Å²) in [7, 11) is 0.625. The monoisotopic (exact) mass is 132 g/mol. The van der Waals surface area contributed by atoms with Crippen molar-refractivity contribution in [2.75, 3.05) is 0 Å². The molecule has 5 heteroatoms. The molecule has 0 aromatic carbocycles. The average Bonchev–Trinajstić information content (AvgIpc) is 1.37. The number of rotatable bonds is 1. The summed E-state index contributed by atoms with van der Waals surface area (Å²) in [5.41, 5.74) is 0. The first-order valence-corrected chi connectivity index (χ1v) is 1.33. The van der Waals surface area contributed by atoms with Crippen LogP contribution in [0.4, 0.5) is 4.32 Å². The predicted octanol–water partition coefficient (Wildman–Crippen LogP) is -2.34. The largest absolute Gasteiger partial charge is 1.00 e. The van der Waals surface area contributed by atoms with Gasteiger partial charge in [0.2, 0.25) is 0 Å². The number of halogens is 1. The Labute approximate surface area is 86.2 Å². The van der Waals surface area contributed by atoms with Crippen molar-refractivity contribution >= 4 is 7.56 Å². The van der Waals surface area contributed by atoms with Crippen molar-refractivity contribution in [3.8, 4) is 0 Å². The molecule has 2 nitrogen and oxygen atoms in total. The minimum atomic E-state index is 0. The first kappa shape index (κ1) is 23.5. The van der Waals surface area contributed by atoms with Crippen LogP contribution < -0.4 is 51.4 Å². The molecule has 0 saturated carbocycles. The molecule has 0 aliphatic heterocycles. The zero-order valence-corrected chi connectivity index (χ0v) is 7.68. The molecule has 0 heterocycles. The van der Waals surface area contributed by atoms with Gasteiger partial charge in [-0.2, -0.15) is 0 Å². The van der Waals surface area contributed by atoms with Gasteiger partial charge in [0.25, 0.3) is 0 Å². The Balaban J connectivity index is -0.0000000150. The van der Waals surface area contributed by atoms with Crippen molar-refractivity contribution in [1.29, 1.82) is 0 Å². The second-order valence-electron chi connectivity index (χ2n) is 0.563. The standard InChI is InChI=1S/C2H5BF.K.2H2O/c1-2-3-4;;;/h2H2,1H3;;2*1H2/q2*+1;;/p-2. The molecule has 0 aliphatic carbocycles. The van der Waals surface area contributed by atoms with Gasteiger partial charge >= 0.3 is 76.5 Å². The Morgan fingerprint density at radius 3 is 1.57 bits per heavy atom. The van der Waals surface area contributed by atoms with Gasteiger partial charge in [-0.3, -0.25) is 0 Å². The molecular weight excluding hydrogens is 125 g/mol. The van der Waals surface area contributed by atoms with E-state index >= 15 is 0 Å². The van der Waals surface area contributed by atoms with Crippen LogP contribution >= 0.6 is 0 Å². The molecule has 0 fully saturated rings. The number of hydrogen-bond donors (Lipinski definition) is 0. The molecule has 0 bridgehead atoms. The van der Waals surface area contributed by atoms with Crippen LogP contribution in [-0.4, -0.2) is 18.5 Å². The van der Waals surface area contributed by atoms with Crippen molar-refractivity contribution < 1.29 is 66.7 Å². The van der Waals surface area contributed by atoms with Gasteiger partial charge in [0.1, 0.15) is 0 Å². The van der Waals surface area contributed by atoms with Crippen molar-refractivity contribution in [2.45, 2.75) is 13.2 Å². The van der Waals surface area contributed by atoms with E-state index in [1.807, 2.05) is 0 Å². The predicted molar refractivity (Wildman–Crippen MR) is 21.2 cm³/mol. The SMILES string of the molecule is CC[B+]F.[K+].[OH-].[OH-]. The van der Waals surface area contributed by atoms with Gasteiger partial charge in [-0.15, -0.1) is 0 Å². The van der Waals surface area contributed by atoms with Gasteiger partial charge < -0.3 is 11.0 Å². The molecule has 0 aliphatic rings. The zero-order valence-electron chi connectivity index (χ0n) is 4.56. The van der Waals surface area contributed by atoms with E-state index in [1.165, 1.54) is 0 Å². The van der Waals surface area contributed by atoms with Crippen LogP contribution in [0.3, 0.4) is 0 Å². The van der Waals surface area contributed by atoms with Gasteiger partial charge in [-0.1, -0.05) is 0 Å². The van der Waals surface area contributed by atoms with Crippen molar-refractivity contribution in [2.24, 2.45) is 0 Å². The molecule has 0 aromatic rings. The minimum absolute atomic E-state index is 0. The molecule has 0 saturated heterocycles. The molecular formula is C2H7BFKO2. The Kier molecular flexibility index (Phi) is 86.4. The summed E-state index contributed by atoms with van der Waals surface area (Å²) in [6, 6.07) is 0. The fraction of sp³-hybridized carbons (Fsp3) is 1.00. The summed E-state index contributed by atoms with van der Waals surface area (Å²) in [5.74, 6) is 0. The van der Waals surface area contributed by atoms with Crippen LogP contribution in [0.1, 0.15) is 6.92 Å². The molecule has 7 heavy (non-hydrogen) atoms. The quantitative estimate of drug-likeness (QED) is 0.375. The Hall–Kier alpha value is 1.55. The first-order valence-electron chi connectivity index (χ1n) is 1.33. The number of hydrogen-bond acceptors (Lipinski definition) is 2. The van der Waals surface area contributed by atoms with Crippen LogP contribution in [0.15, 0.2) is 0 Å². The summed E-state index contributed by atoms with van der Waals surface area (Å²) in [4.78, 5) is 0. The molecule has 0 amide bonds. The maximum absolute atomic E-state index is 10.6. The molecule has 0 aromatic heterocycles. The van der Waals surface area contributed by atoms with Crippen LogP contribution in [-0.2, 0) is 0 Å². The van der Waals surface area contributed by atoms with Crippen LogP contribution in [0.5, 0.6) is 0 Å². The van der Waals surface area contributed by atoms with Crippen molar-refractivity contribution in [1.82, 2.24) is 0 Å². The van der Waals surface area contributed by atoms with E-state index in [1.54, 1.807) is 6.92 Å². The summed E-state index contributed by atoms with van der Waals surface area (Å²) >= 11 is 0. The Morgan fingerprint density at radius 2 is 1.57 bits per heavy atom. The van der Waals surface area contributed by atoms with Gasteiger partial charge in [-0.25, -0.2) is 0 Å². The van der Waals surface area contributed by atoms with E-state index in [0.29, 0.717) is 13.9 Å². The van der Waals surface area contributed by atoms with E-state index in [0.717, 1.165) is 0 Å². The van der Waals surface area contributed by atoms with Crippen molar-refractivity contribution in [3.63, 3.8) is 0 Å². The smallest absolute Gasteiger partial charge is 0.870 e. The second-order valence-corrected chi connectivity index (χ2v) is 0.563. The summed E-state index contributed by atoms with van der Waals surface area (Å²) in [5, 5.41) is 0. The molecule has 0 spiro atoms. The van der Waals surface area contributed by atoms with E-state index in [2.05, 4.69) is 0 Å². The van der Waals surface area contributed by atoms with E-state index in [-0.39, 0.29) is 62.3 Å². The van der Waals surface area contributed by atoms with E-state index in [9.17, 15) is 4.32 Å². The fourth-order valence-corrected chi connectivity index (χ4v) is 0. The van der Waals surface area contributed by atoms with Gasteiger partial charge in [0.15, 0.2) is 0 Å². The summed E-state index contributed by atoms with van der Waals surface area (Å²) in [6.07, 6.45) is 0.528. The molecule has 0 radical (unpaired) electrons. The summed E-state index contributed by atoms with van der Waals surface area (Å²) in [6.45, 7) is 1.75. The van der Waals surface area contributed by atoms with Gasteiger partial charge in [0, 0.05) is 0 Å². The third-order valence-corrected chi connectivity index (χ3v) is 0.154. The topological polar surface area (TPSA) is 60.0 Å². The fourth-order valence-electron chi connectivity index (χ4n) is 0. The maximum atomic E-state index is 10.6. The zero-order chi connectivity index (χ0) is 3.41. The van der Waals surface area contributed by atoms with Gasteiger partial charge in [-0.05, 0) is 0 Å². The van der Waals surface area contributed by atoms with Gasteiger partial charge in [0.05, 0.1) is 0 Å². The Morgan fingerprint density at radius 1 is 1.43 bits per heavy atom. The molecule has 38 valence electrons. The summed E-state index contributed by atoms with van der Waals surface area (Å²) < 4.78 is 10.6. The molecule has 0 atom stereocenters. The van der Waals surface area contributed by atoms with Crippen molar-refractivity contribution in [3.05, 3.63) is 0 Å². The minimum Gasteiger partial charge on any atom is -0.870 e. The maximum Gasteiger partial charge on any atom is 1.00 e. The van der Waals surface area contributed by atoms with Crippen LogP contribution in [0.25, 0.3) is 0 Å². The molecule has 0 unspecified atom stereocenters. The van der Waals surface area contributed by atoms with E-state index < -0.39 is 0 Å². The normalized spacial score (nSPS) is 3.14. The van der Waals surface area contributed by atoms with E-state index in [4.69, 9.17) is 0 Å². The average molecular weight is 132 g/mol.